The Balaban J connectivity index is 2.15. The Morgan fingerprint density at radius 2 is 2.14 bits per heavy atom. The minimum atomic E-state index is -0.186. The molecule has 1 heterocycles. The van der Waals surface area contributed by atoms with Crippen molar-refractivity contribution < 1.29 is 4.74 Å². The van der Waals surface area contributed by atoms with Crippen LogP contribution >= 0.6 is 0 Å². The van der Waals surface area contributed by atoms with Crippen LogP contribution in [0.5, 0.6) is 5.75 Å². The highest BCUT2D eigenvalue weighted by Crippen LogP contribution is 2.37. The van der Waals surface area contributed by atoms with E-state index in [1.54, 1.807) is 10.6 Å². The third kappa shape index (κ3) is 2.62. The number of ether oxygens (including phenoxy) is 1. The van der Waals surface area contributed by atoms with Crippen molar-refractivity contribution in [3.05, 3.63) is 52.3 Å². The molecule has 5 nitrogen and oxygen atoms in total. The molecule has 0 saturated heterocycles. The van der Waals surface area contributed by atoms with Gasteiger partial charge in [-0.2, -0.15) is 0 Å². The summed E-state index contributed by atoms with van der Waals surface area (Å²) in [5, 5.41) is 7.54. The van der Waals surface area contributed by atoms with Crippen molar-refractivity contribution in [2.24, 2.45) is 5.73 Å². The standard InChI is InChI=1S/C17H19N3O2/c1-2-22-13-5-3-4-11(10-13)15-9-8-14(16(18)19)17(21)20(15)12-6-7-12/h3-5,8-10,12H,2,6-7H2,1H3,(H3,18,19). The molecule has 0 bridgehead atoms. The number of aromatic nitrogens is 1. The third-order valence-electron chi connectivity index (χ3n) is 3.76. The highest BCUT2D eigenvalue weighted by Gasteiger charge is 2.28. The number of nitrogens with one attached hydrogen (secondary N) is 1. The number of hydrogen-bond donors (Lipinski definition) is 2. The van der Waals surface area contributed by atoms with Gasteiger partial charge in [-0.15, -0.1) is 0 Å². The summed E-state index contributed by atoms with van der Waals surface area (Å²) >= 11 is 0. The molecule has 114 valence electrons. The summed E-state index contributed by atoms with van der Waals surface area (Å²) in [5.41, 5.74) is 7.36. The van der Waals surface area contributed by atoms with Gasteiger partial charge in [-0.1, -0.05) is 12.1 Å². The molecule has 22 heavy (non-hydrogen) atoms. The molecule has 2 aromatic rings. The van der Waals surface area contributed by atoms with E-state index in [1.165, 1.54) is 0 Å². The van der Waals surface area contributed by atoms with Gasteiger partial charge < -0.3 is 15.0 Å². The molecule has 1 fully saturated rings. The van der Waals surface area contributed by atoms with Crippen LogP contribution in [-0.4, -0.2) is 17.0 Å². The average Bonchev–Trinajstić information content (AvgIpc) is 3.31. The fourth-order valence-corrected chi connectivity index (χ4v) is 2.60. The number of pyridine rings is 1. The van der Waals surface area contributed by atoms with Crippen LogP contribution in [0.15, 0.2) is 41.2 Å². The highest BCUT2D eigenvalue weighted by atomic mass is 16.5. The Morgan fingerprint density at radius 3 is 2.77 bits per heavy atom. The van der Waals surface area contributed by atoms with Gasteiger partial charge in [-0.05, 0) is 44.0 Å². The molecule has 0 atom stereocenters. The van der Waals surface area contributed by atoms with Gasteiger partial charge in [-0.3, -0.25) is 10.2 Å². The van der Waals surface area contributed by atoms with Gasteiger partial charge in [-0.25, -0.2) is 0 Å². The molecular formula is C17H19N3O2. The predicted molar refractivity (Wildman–Crippen MR) is 86.6 cm³/mol. The van der Waals surface area contributed by atoms with Crippen molar-refractivity contribution >= 4 is 5.84 Å². The second kappa shape index (κ2) is 5.67. The normalized spacial score (nSPS) is 13.9. The van der Waals surface area contributed by atoms with E-state index in [4.69, 9.17) is 15.9 Å². The quantitative estimate of drug-likeness (QED) is 0.657. The van der Waals surface area contributed by atoms with E-state index >= 15 is 0 Å². The van der Waals surface area contributed by atoms with Crippen LogP contribution < -0.4 is 16.0 Å². The first-order valence-electron chi connectivity index (χ1n) is 7.45. The maximum atomic E-state index is 12.6. The van der Waals surface area contributed by atoms with Crippen molar-refractivity contribution in [1.82, 2.24) is 4.57 Å². The Kier molecular flexibility index (Phi) is 3.71. The Labute approximate surface area is 128 Å². The van der Waals surface area contributed by atoms with Crippen LogP contribution in [-0.2, 0) is 0 Å². The Hall–Kier alpha value is -2.56. The van der Waals surface area contributed by atoms with Crippen LogP contribution in [0.25, 0.3) is 11.3 Å². The first-order chi connectivity index (χ1) is 10.6. The lowest BCUT2D eigenvalue weighted by Gasteiger charge is -2.14. The number of hydrogen-bond acceptors (Lipinski definition) is 3. The molecular weight excluding hydrogens is 278 g/mol. The number of nitrogens with two attached hydrogens (primary N) is 1. The van der Waals surface area contributed by atoms with Gasteiger partial charge in [0, 0.05) is 11.6 Å². The van der Waals surface area contributed by atoms with Crippen molar-refractivity contribution in [1.29, 1.82) is 5.41 Å². The van der Waals surface area contributed by atoms with Crippen LogP contribution in [0.1, 0.15) is 31.4 Å². The minimum Gasteiger partial charge on any atom is -0.494 e. The summed E-state index contributed by atoms with van der Waals surface area (Å²) in [6, 6.07) is 11.4. The van der Waals surface area contributed by atoms with Gasteiger partial charge in [0.25, 0.3) is 5.56 Å². The van der Waals surface area contributed by atoms with Crippen molar-refractivity contribution in [2.45, 2.75) is 25.8 Å². The second-order valence-electron chi connectivity index (χ2n) is 5.41. The monoisotopic (exact) mass is 297 g/mol. The molecule has 1 aliphatic rings. The maximum absolute atomic E-state index is 12.6. The Morgan fingerprint density at radius 1 is 1.36 bits per heavy atom. The number of rotatable bonds is 5. The van der Waals surface area contributed by atoms with Gasteiger partial charge in [0.05, 0.1) is 17.9 Å². The van der Waals surface area contributed by atoms with Crippen molar-refractivity contribution in [3.63, 3.8) is 0 Å². The first kappa shape index (κ1) is 14.4. The van der Waals surface area contributed by atoms with Crippen LogP contribution in [0, 0.1) is 5.41 Å². The van der Waals surface area contributed by atoms with E-state index in [9.17, 15) is 4.79 Å². The number of nitrogen functional groups attached to an aromatic ring is 1. The van der Waals surface area contributed by atoms with Gasteiger partial charge in [0.15, 0.2) is 0 Å². The molecule has 0 spiro atoms. The van der Waals surface area contributed by atoms with Crippen LogP contribution in [0.2, 0.25) is 0 Å². The first-order valence-corrected chi connectivity index (χ1v) is 7.45. The van der Waals surface area contributed by atoms with Gasteiger partial charge in [0.1, 0.15) is 11.6 Å². The zero-order chi connectivity index (χ0) is 15.7. The van der Waals surface area contributed by atoms with Gasteiger partial charge >= 0.3 is 0 Å². The fourth-order valence-electron chi connectivity index (χ4n) is 2.60. The smallest absolute Gasteiger partial charge is 0.262 e. The lowest BCUT2D eigenvalue weighted by molar-refractivity contribution is 0.340. The number of benzene rings is 1. The van der Waals surface area contributed by atoms with Crippen molar-refractivity contribution in [2.75, 3.05) is 6.61 Å². The van der Waals surface area contributed by atoms with E-state index in [-0.39, 0.29) is 23.0 Å². The van der Waals surface area contributed by atoms with E-state index in [0.717, 1.165) is 29.8 Å². The zero-order valence-electron chi connectivity index (χ0n) is 12.5. The van der Waals surface area contributed by atoms with E-state index in [0.29, 0.717) is 6.61 Å². The fraction of sp³-hybridized carbons (Fsp3) is 0.294. The van der Waals surface area contributed by atoms with Crippen LogP contribution in [0.3, 0.4) is 0 Å². The molecule has 3 rings (SSSR count). The summed E-state index contributed by atoms with van der Waals surface area (Å²) in [4.78, 5) is 12.6. The van der Waals surface area contributed by atoms with E-state index in [1.807, 2.05) is 37.3 Å². The van der Waals surface area contributed by atoms with Gasteiger partial charge in [0.2, 0.25) is 0 Å². The summed E-state index contributed by atoms with van der Waals surface area (Å²) in [7, 11) is 0. The molecule has 0 radical (unpaired) electrons. The summed E-state index contributed by atoms with van der Waals surface area (Å²) in [6.45, 7) is 2.54. The maximum Gasteiger partial charge on any atom is 0.262 e. The SMILES string of the molecule is CCOc1cccc(-c2ccc(C(=N)N)c(=O)n2C2CC2)c1. The average molecular weight is 297 g/mol. The summed E-state index contributed by atoms with van der Waals surface area (Å²) < 4.78 is 7.30. The minimum absolute atomic E-state index is 0.186. The summed E-state index contributed by atoms with van der Waals surface area (Å²) in [6.07, 6.45) is 1.97. The van der Waals surface area contributed by atoms with Crippen LogP contribution in [0.4, 0.5) is 0 Å². The molecule has 0 amide bonds. The molecule has 1 aromatic heterocycles. The lowest BCUT2D eigenvalue weighted by atomic mass is 10.1. The van der Waals surface area contributed by atoms with Crippen molar-refractivity contribution in [3.8, 4) is 17.0 Å². The Bertz CT molecular complexity index is 776. The molecule has 1 aliphatic carbocycles. The van der Waals surface area contributed by atoms with E-state index < -0.39 is 0 Å². The molecule has 1 saturated carbocycles. The lowest BCUT2D eigenvalue weighted by Crippen LogP contribution is -2.30. The molecule has 0 unspecified atom stereocenters. The number of nitrogens with zero attached hydrogens (tertiary/aromatic N) is 1. The molecule has 5 heteroatoms. The highest BCUT2D eigenvalue weighted by molar-refractivity contribution is 5.94. The topological polar surface area (TPSA) is 81.1 Å². The van der Waals surface area contributed by atoms with E-state index in [2.05, 4.69) is 0 Å². The predicted octanol–water partition coefficient (Wildman–Crippen LogP) is 2.53. The number of amidine groups is 1. The largest absolute Gasteiger partial charge is 0.494 e. The molecule has 1 aromatic carbocycles. The summed E-state index contributed by atoms with van der Waals surface area (Å²) in [5.74, 6) is 0.597. The second-order valence-corrected chi connectivity index (χ2v) is 5.41. The molecule has 0 aliphatic heterocycles. The third-order valence-corrected chi connectivity index (χ3v) is 3.76. The zero-order valence-corrected chi connectivity index (χ0v) is 12.5. The molecule has 3 N–H and O–H groups in total.